The molecule has 14 rings (SSSR count). The summed E-state index contributed by atoms with van der Waals surface area (Å²) in [5.74, 6) is 0. The highest BCUT2D eigenvalue weighted by atomic mass is 16.3. The fraction of sp³-hybridized carbons (Fsp3) is 0.213. The monoisotopic (exact) mass is 869 g/mol. The molecule has 2 atom stereocenters. The third kappa shape index (κ3) is 5.22. The molecular formula is C61H52BN3O2. The summed E-state index contributed by atoms with van der Waals surface area (Å²) in [5.41, 5.74) is 21.0. The van der Waals surface area contributed by atoms with E-state index in [-0.39, 0.29) is 23.1 Å². The van der Waals surface area contributed by atoms with Gasteiger partial charge in [-0.3, -0.25) is 0 Å². The van der Waals surface area contributed by atoms with Gasteiger partial charge in [-0.25, -0.2) is 0 Å². The molecule has 2 aromatic heterocycles. The molecule has 5 nitrogen and oxygen atoms in total. The van der Waals surface area contributed by atoms with E-state index in [9.17, 15) is 0 Å². The Morgan fingerprint density at radius 3 is 2.01 bits per heavy atom. The lowest BCUT2D eigenvalue weighted by atomic mass is 9.33. The molecule has 1 saturated carbocycles. The first-order valence-electron chi connectivity index (χ1n) is 24.2. The molecule has 67 heavy (non-hydrogen) atoms. The summed E-state index contributed by atoms with van der Waals surface area (Å²) in [4.78, 5) is 7.83. The largest absolute Gasteiger partial charge is 0.456 e. The number of fused-ring (bicyclic) bond motifs is 13. The second kappa shape index (κ2) is 13.5. The van der Waals surface area contributed by atoms with Gasteiger partial charge in [0, 0.05) is 67.5 Å². The summed E-state index contributed by atoms with van der Waals surface area (Å²) in [7, 11) is 0. The van der Waals surface area contributed by atoms with Crippen molar-refractivity contribution in [3.8, 4) is 0 Å². The van der Waals surface area contributed by atoms with Gasteiger partial charge < -0.3 is 23.5 Å². The maximum absolute atomic E-state index is 6.67. The molecular weight excluding hydrogens is 818 g/mol. The van der Waals surface area contributed by atoms with Crippen LogP contribution in [0.5, 0.6) is 0 Å². The topological polar surface area (TPSA) is 36.0 Å². The van der Waals surface area contributed by atoms with Crippen molar-refractivity contribution in [3.05, 3.63) is 174 Å². The average Bonchev–Trinajstić information content (AvgIpc) is 3.96. The Morgan fingerprint density at radius 2 is 1.18 bits per heavy atom. The molecule has 0 amide bonds. The maximum atomic E-state index is 6.67. The van der Waals surface area contributed by atoms with E-state index in [1.807, 2.05) is 0 Å². The van der Waals surface area contributed by atoms with Crippen LogP contribution in [0.15, 0.2) is 167 Å². The van der Waals surface area contributed by atoms with Crippen LogP contribution < -0.4 is 31.1 Å². The number of rotatable bonds is 3. The predicted molar refractivity (Wildman–Crippen MR) is 281 cm³/mol. The van der Waals surface area contributed by atoms with Gasteiger partial charge in [0.2, 0.25) is 0 Å². The van der Waals surface area contributed by atoms with Crippen LogP contribution in [0.4, 0.5) is 45.5 Å². The van der Waals surface area contributed by atoms with Crippen molar-refractivity contribution in [2.75, 3.05) is 14.7 Å². The summed E-state index contributed by atoms with van der Waals surface area (Å²) in [6, 6.07) is 59.1. The van der Waals surface area contributed by atoms with Crippen LogP contribution in [-0.2, 0) is 10.8 Å². The molecule has 5 heterocycles. The van der Waals surface area contributed by atoms with E-state index in [0.717, 1.165) is 61.7 Å². The highest BCUT2D eigenvalue weighted by Gasteiger charge is 2.58. The number of furan rings is 2. The highest BCUT2D eigenvalue weighted by molar-refractivity contribution is 7.00. The molecule has 0 N–H and O–H groups in total. The predicted octanol–water partition coefficient (Wildman–Crippen LogP) is 14.9. The zero-order chi connectivity index (χ0) is 45.1. The molecule has 10 aromatic rings. The Kier molecular flexibility index (Phi) is 7.85. The van der Waals surface area contributed by atoms with E-state index >= 15 is 0 Å². The molecule has 3 aliphatic heterocycles. The quantitative estimate of drug-likeness (QED) is 0.165. The summed E-state index contributed by atoms with van der Waals surface area (Å²) in [6.07, 6.45) is 4.82. The Hall–Kier alpha value is -7.18. The fourth-order valence-corrected chi connectivity index (χ4v) is 13.2. The van der Waals surface area contributed by atoms with Gasteiger partial charge in [0.05, 0.1) is 16.6 Å². The molecule has 6 heteroatoms. The number of benzene rings is 8. The van der Waals surface area contributed by atoms with Crippen molar-refractivity contribution < 1.29 is 8.83 Å². The second-order valence-electron chi connectivity index (χ2n) is 21.3. The molecule has 0 radical (unpaired) electrons. The molecule has 0 spiro atoms. The van der Waals surface area contributed by atoms with Crippen molar-refractivity contribution in [1.82, 2.24) is 0 Å². The summed E-state index contributed by atoms with van der Waals surface area (Å²) >= 11 is 0. The van der Waals surface area contributed by atoms with E-state index in [4.69, 9.17) is 8.83 Å². The average molecular weight is 870 g/mol. The molecule has 1 aliphatic carbocycles. The SMILES string of the molecule is Cc1cc2c3c(c1)N(c1cccc4oc5ccccc5c14)c1ccc(C(C)(C)C)cc1B3c1ccc(N3c4ccccc4C4(C)CCCCC34C)cc1N2c1ccc2c(c1)oc1ccccc12. The van der Waals surface area contributed by atoms with E-state index in [1.54, 1.807) is 0 Å². The number of hydrogen-bond donors (Lipinski definition) is 0. The molecule has 2 unspecified atom stereocenters. The van der Waals surface area contributed by atoms with E-state index in [1.165, 1.54) is 86.5 Å². The lowest BCUT2D eigenvalue weighted by Gasteiger charge is -2.50. The van der Waals surface area contributed by atoms with Gasteiger partial charge in [0.1, 0.15) is 22.3 Å². The van der Waals surface area contributed by atoms with Crippen molar-refractivity contribution in [3.63, 3.8) is 0 Å². The fourth-order valence-electron chi connectivity index (χ4n) is 13.2. The van der Waals surface area contributed by atoms with Gasteiger partial charge >= 0.3 is 0 Å². The van der Waals surface area contributed by atoms with Crippen LogP contribution >= 0.6 is 0 Å². The van der Waals surface area contributed by atoms with Gasteiger partial charge in [-0.2, -0.15) is 0 Å². The first-order chi connectivity index (χ1) is 32.5. The second-order valence-corrected chi connectivity index (χ2v) is 21.3. The minimum absolute atomic E-state index is 0.0314. The van der Waals surface area contributed by atoms with Crippen molar-refractivity contribution >= 4 is 112 Å². The third-order valence-electron chi connectivity index (χ3n) is 16.6. The van der Waals surface area contributed by atoms with Gasteiger partial charge in [0.15, 0.2) is 0 Å². The Labute approximate surface area is 392 Å². The summed E-state index contributed by atoms with van der Waals surface area (Å²) in [6.45, 7) is 14.3. The van der Waals surface area contributed by atoms with Gasteiger partial charge in [-0.1, -0.05) is 119 Å². The van der Waals surface area contributed by atoms with Crippen LogP contribution in [0.2, 0.25) is 0 Å². The molecule has 0 bridgehead atoms. The number of para-hydroxylation sites is 3. The van der Waals surface area contributed by atoms with E-state index < -0.39 is 0 Å². The smallest absolute Gasteiger partial charge is 0.252 e. The van der Waals surface area contributed by atoms with Crippen LogP contribution in [0.3, 0.4) is 0 Å². The number of hydrogen-bond acceptors (Lipinski definition) is 5. The maximum Gasteiger partial charge on any atom is 0.252 e. The van der Waals surface area contributed by atoms with Crippen LogP contribution in [-0.4, -0.2) is 12.3 Å². The number of nitrogens with zero attached hydrogens (tertiary/aromatic N) is 3. The van der Waals surface area contributed by atoms with E-state index in [2.05, 4.69) is 214 Å². The third-order valence-corrected chi connectivity index (χ3v) is 16.6. The summed E-state index contributed by atoms with van der Waals surface area (Å²) in [5, 5.41) is 4.51. The minimum atomic E-state index is -0.0741. The molecule has 8 aromatic carbocycles. The van der Waals surface area contributed by atoms with Gasteiger partial charge in [-0.15, -0.1) is 0 Å². The molecule has 4 aliphatic rings. The number of anilines is 8. The van der Waals surface area contributed by atoms with Gasteiger partial charge in [0.25, 0.3) is 6.71 Å². The van der Waals surface area contributed by atoms with Crippen LogP contribution in [0.25, 0.3) is 43.9 Å². The Bertz CT molecular complexity index is 3740. The van der Waals surface area contributed by atoms with Crippen molar-refractivity contribution in [2.24, 2.45) is 0 Å². The first-order valence-corrected chi connectivity index (χ1v) is 24.2. The zero-order valence-electron chi connectivity index (χ0n) is 39.1. The zero-order valence-corrected chi connectivity index (χ0v) is 39.1. The van der Waals surface area contributed by atoms with Crippen LogP contribution in [0, 0.1) is 6.92 Å². The lowest BCUT2D eigenvalue weighted by Crippen LogP contribution is -2.61. The lowest BCUT2D eigenvalue weighted by molar-refractivity contribution is 0.195. The minimum Gasteiger partial charge on any atom is -0.456 e. The van der Waals surface area contributed by atoms with E-state index in [0.29, 0.717) is 0 Å². The Morgan fingerprint density at radius 1 is 0.507 bits per heavy atom. The first kappa shape index (κ1) is 39.0. The molecule has 326 valence electrons. The van der Waals surface area contributed by atoms with Gasteiger partial charge in [-0.05, 0) is 138 Å². The van der Waals surface area contributed by atoms with Crippen LogP contribution in [0.1, 0.15) is 77.0 Å². The highest BCUT2D eigenvalue weighted by Crippen LogP contribution is 2.61. The Balaban J connectivity index is 1.07. The van der Waals surface area contributed by atoms with Crippen molar-refractivity contribution in [1.29, 1.82) is 0 Å². The summed E-state index contributed by atoms with van der Waals surface area (Å²) < 4.78 is 13.2. The normalized spacial score (nSPS) is 19.6. The number of aryl methyl sites for hydroxylation is 1. The van der Waals surface area contributed by atoms with Crippen molar-refractivity contribution in [2.45, 2.75) is 83.6 Å². The molecule has 1 fully saturated rings. The molecule has 0 saturated heterocycles. The standard InChI is InChI=1S/C61H52BN3O2/c1-37-32-51-58-52(33-37)64(49-20-15-23-55-57(49)43-17-8-12-22-54(43)66-55)48-29-24-38(59(2,3)4)34-46(48)62(58)45-28-26-40(65-47-19-10-9-18-44(47)60(5)30-13-14-31-61(60,65)6)35-50(45)63(51)39-25-27-42-41-16-7-11-21-53(41)67-56(42)36-39/h7-12,15-29,32-36H,13-14,30-31H2,1-6H3.